The van der Waals surface area contributed by atoms with Crippen LogP contribution in [0.1, 0.15) is 32.6 Å². The van der Waals surface area contributed by atoms with Crippen LogP contribution in [0, 0.1) is 11.8 Å². The van der Waals surface area contributed by atoms with Gasteiger partial charge in [-0.15, -0.1) is 0 Å². The van der Waals surface area contributed by atoms with Gasteiger partial charge in [0.2, 0.25) is 0 Å². The number of halogens is 1. The Balaban J connectivity index is 2.09. The first-order valence-corrected chi connectivity index (χ1v) is 7.60. The molecule has 1 aliphatic carbocycles. The van der Waals surface area contributed by atoms with Crippen molar-refractivity contribution >= 4 is 27.6 Å². The predicted molar refractivity (Wildman–Crippen MR) is 80.3 cm³/mol. The molecule has 1 aromatic carbocycles. The Morgan fingerprint density at radius 3 is 2.89 bits per heavy atom. The topological polar surface area (TPSA) is 49.3 Å². The quantitative estimate of drug-likeness (QED) is 0.874. The summed E-state index contributed by atoms with van der Waals surface area (Å²) in [6, 6.07) is 7.19. The van der Waals surface area contributed by atoms with Crippen molar-refractivity contribution in [2.75, 3.05) is 5.32 Å². The lowest BCUT2D eigenvalue weighted by molar-refractivity contribution is -0.139. The maximum atomic E-state index is 11.5. The Labute approximate surface area is 122 Å². The van der Waals surface area contributed by atoms with E-state index in [9.17, 15) is 9.90 Å². The normalized spacial score (nSPS) is 24.7. The van der Waals surface area contributed by atoms with Gasteiger partial charge in [-0.3, -0.25) is 0 Å². The number of anilines is 1. The lowest BCUT2D eigenvalue weighted by Gasteiger charge is -2.32. The number of carbonyl (C=O) groups is 1. The van der Waals surface area contributed by atoms with Gasteiger partial charge >= 0.3 is 5.97 Å². The van der Waals surface area contributed by atoms with Gasteiger partial charge in [-0.2, -0.15) is 0 Å². The van der Waals surface area contributed by atoms with E-state index in [2.05, 4.69) is 28.2 Å². The molecule has 1 fully saturated rings. The second-order valence-electron chi connectivity index (χ2n) is 5.50. The van der Waals surface area contributed by atoms with Gasteiger partial charge in [0.1, 0.15) is 6.04 Å². The van der Waals surface area contributed by atoms with Gasteiger partial charge in [0.05, 0.1) is 0 Å². The van der Waals surface area contributed by atoms with Gasteiger partial charge in [-0.05, 0) is 42.9 Å². The van der Waals surface area contributed by atoms with E-state index in [4.69, 9.17) is 0 Å². The summed E-state index contributed by atoms with van der Waals surface area (Å²) >= 11 is 3.41. The van der Waals surface area contributed by atoms with Crippen LogP contribution in [-0.4, -0.2) is 17.1 Å². The highest BCUT2D eigenvalue weighted by Gasteiger charge is 2.31. The lowest BCUT2D eigenvalue weighted by atomic mass is 9.78. The van der Waals surface area contributed by atoms with Crippen LogP contribution in [0.15, 0.2) is 28.7 Å². The molecule has 19 heavy (non-hydrogen) atoms. The highest BCUT2D eigenvalue weighted by molar-refractivity contribution is 9.10. The van der Waals surface area contributed by atoms with Crippen LogP contribution in [-0.2, 0) is 4.79 Å². The molecule has 2 N–H and O–H groups in total. The fourth-order valence-corrected chi connectivity index (χ4v) is 3.32. The van der Waals surface area contributed by atoms with Crippen LogP contribution in [0.2, 0.25) is 0 Å². The summed E-state index contributed by atoms with van der Waals surface area (Å²) in [5.41, 5.74) is 0.861. The zero-order chi connectivity index (χ0) is 13.8. The number of carboxylic acid groups (broad SMARTS) is 1. The number of aliphatic carboxylic acids is 1. The average molecular weight is 326 g/mol. The maximum absolute atomic E-state index is 11.5. The van der Waals surface area contributed by atoms with Gasteiger partial charge in [0.25, 0.3) is 0 Å². The van der Waals surface area contributed by atoms with Crippen molar-refractivity contribution in [3.63, 3.8) is 0 Å². The third-order valence-electron chi connectivity index (χ3n) is 3.86. The number of rotatable bonds is 4. The van der Waals surface area contributed by atoms with Crippen molar-refractivity contribution in [1.82, 2.24) is 0 Å². The number of hydrogen-bond donors (Lipinski definition) is 2. The average Bonchev–Trinajstić information content (AvgIpc) is 2.35. The summed E-state index contributed by atoms with van der Waals surface area (Å²) < 4.78 is 0.957. The van der Waals surface area contributed by atoms with Gasteiger partial charge in [0.15, 0.2) is 0 Å². The molecule has 3 nitrogen and oxygen atoms in total. The molecule has 0 spiro atoms. The number of nitrogens with one attached hydrogen (secondary N) is 1. The van der Waals surface area contributed by atoms with Crippen molar-refractivity contribution in [2.24, 2.45) is 11.8 Å². The van der Waals surface area contributed by atoms with Crippen molar-refractivity contribution < 1.29 is 9.90 Å². The zero-order valence-corrected chi connectivity index (χ0v) is 12.7. The number of hydrogen-bond acceptors (Lipinski definition) is 2. The minimum atomic E-state index is -0.751. The van der Waals surface area contributed by atoms with E-state index in [1.165, 1.54) is 6.42 Å². The first kappa shape index (κ1) is 14.4. The number of carboxylic acids is 1. The zero-order valence-electron chi connectivity index (χ0n) is 11.1. The summed E-state index contributed by atoms with van der Waals surface area (Å²) in [7, 11) is 0. The van der Waals surface area contributed by atoms with Crippen LogP contribution in [0.4, 0.5) is 5.69 Å². The second-order valence-corrected chi connectivity index (χ2v) is 6.42. The molecular weight excluding hydrogens is 306 g/mol. The smallest absolute Gasteiger partial charge is 0.326 e. The van der Waals surface area contributed by atoms with Gasteiger partial charge < -0.3 is 10.4 Å². The molecule has 0 aromatic heterocycles. The molecule has 0 bridgehead atoms. The molecule has 0 radical (unpaired) electrons. The Hall–Kier alpha value is -1.03. The van der Waals surface area contributed by atoms with Gasteiger partial charge in [0, 0.05) is 10.2 Å². The third kappa shape index (κ3) is 3.96. The molecular formula is C15H20BrNO2. The van der Waals surface area contributed by atoms with Gasteiger partial charge in [-0.25, -0.2) is 4.79 Å². The summed E-state index contributed by atoms with van der Waals surface area (Å²) in [5.74, 6) is 0.101. The van der Waals surface area contributed by atoms with Crippen LogP contribution in [0.25, 0.3) is 0 Å². The molecule has 104 valence electrons. The Bertz CT molecular complexity index is 450. The summed E-state index contributed by atoms with van der Waals surface area (Å²) in [6.45, 7) is 2.21. The molecule has 3 unspecified atom stereocenters. The lowest BCUT2D eigenvalue weighted by Crippen LogP contribution is -2.39. The first-order valence-electron chi connectivity index (χ1n) is 6.81. The molecule has 4 heteroatoms. The molecule has 0 aliphatic heterocycles. The van der Waals surface area contributed by atoms with E-state index < -0.39 is 12.0 Å². The van der Waals surface area contributed by atoms with E-state index in [-0.39, 0.29) is 5.92 Å². The van der Waals surface area contributed by atoms with Crippen LogP contribution >= 0.6 is 15.9 Å². The van der Waals surface area contributed by atoms with E-state index >= 15 is 0 Å². The molecule has 0 saturated heterocycles. The highest BCUT2D eigenvalue weighted by Crippen LogP contribution is 2.32. The minimum Gasteiger partial charge on any atom is -0.480 e. The van der Waals surface area contributed by atoms with E-state index in [0.717, 1.165) is 29.4 Å². The maximum Gasteiger partial charge on any atom is 0.326 e. The molecule has 1 aliphatic rings. The van der Waals surface area contributed by atoms with Crippen molar-refractivity contribution in [3.8, 4) is 0 Å². The highest BCUT2D eigenvalue weighted by atomic mass is 79.9. The van der Waals surface area contributed by atoms with Crippen LogP contribution < -0.4 is 5.32 Å². The second kappa shape index (κ2) is 6.42. The standard InChI is InChI=1S/C15H20BrNO2/c1-10-4-2-5-11(8-10)14(15(18)19)17-13-7-3-6-12(16)9-13/h3,6-7,9-11,14,17H,2,4-5,8H2,1H3,(H,18,19). The van der Waals surface area contributed by atoms with Gasteiger partial charge in [-0.1, -0.05) is 41.8 Å². The monoisotopic (exact) mass is 325 g/mol. The summed E-state index contributed by atoms with van der Waals surface area (Å²) in [4.78, 5) is 11.5. The van der Waals surface area contributed by atoms with Crippen LogP contribution in [0.5, 0.6) is 0 Å². The van der Waals surface area contributed by atoms with E-state index in [0.29, 0.717) is 5.92 Å². The first-order chi connectivity index (χ1) is 9.06. The third-order valence-corrected chi connectivity index (χ3v) is 4.35. The molecule has 0 heterocycles. The molecule has 2 rings (SSSR count). The van der Waals surface area contributed by atoms with Crippen LogP contribution in [0.3, 0.4) is 0 Å². The summed E-state index contributed by atoms with van der Waals surface area (Å²) in [6.07, 6.45) is 4.36. The van der Waals surface area contributed by atoms with E-state index in [1.54, 1.807) is 0 Å². The predicted octanol–water partition coefficient (Wildman–Crippen LogP) is 4.14. The fraction of sp³-hybridized carbons (Fsp3) is 0.533. The minimum absolute atomic E-state index is 0.222. The Morgan fingerprint density at radius 2 is 2.26 bits per heavy atom. The fourth-order valence-electron chi connectivity index (χ4n) is 2.92. The Morgan fingerprint density at radius 1 is 1.47 bits per heavy atom. The Kier molecular flexibility index (Phi) is 4.86. The van der Waals surface area contributed by atoms with E-state index in [1.807, 2.05) is 24.3 Å². The summed E-state index contributed by atoms with van der Waals surface area (Å²) in [5, 5.41) is 12.6. The molecule has 1 aromatic rings. The molecule has 3 atom stereocenters. The van der Waals surface area contributed by atoms with Crippen molar-refractivity contribution in [2.45, 2.75) is 38.6 Å². The van der Waals surface area contributed by atoms with Crippen molar-refractivity contribution in [3.05, 3.63) is 28.7 Å². The largest absolute Gasteiger partial charge is 0.480 e. The van der Waals surface area contributed by atoms with Crippen molar-refractivity contribution in [1.29, 1.82) is 0 Å². The molecule has 0 amide bonds. The molecule has 1 saturated carbocycles. The number of benzene rings is 1. The SMILES string of the molecule is CC1CCCC(C(Nc2cccc(Br)c2)C(=O)O)C1.